The van der Waals surface area contributed by atoms with E-state index >= 15 is 0 Å². The average molecular weight is 509 g/mol. The summed E-state index contributed by atoms with van der Waals surface area (Å²) in [5.74, 6) is 0. The highest BCUT2D eigenvalue weighted by Gasteiger charge is 2.13. The molecule has 0 saturated heterocycles. The number of benzene rings is 4. The highest BCUT2D eigenvalue weighted by Crippen LogP contribution is 2.30. The van der Waals surface area contributed by atoms with E-state index in [0.717, 1.165) is 33.4 Å². The lowest BCUT2D eigenvalue weighted by Crippen LogP contribution is -2.35. The van der Waals surface area contributed by atoms with Gasteiger partial charge in [0.2, 0.25) is 0 Å². The van der Waals surface area contributed by atoms with Gasteiger partial charge < -0.3 is 32.7 Å². The highest BCUT2D eigenvalue weighted by molar-refractivity contribution is 5.78. The number of nitrogens with one attached hydrogen (secondary N) is 4. The number of urea groups is 2. The van der Waals surface area contributed by atoms with Crippen LogP contribution in [0.3, 0.4) is 0 Å². The first kappa shape index (κ1) is 26.1. The standard InChI is InChI=1S/C30H32N6O2/c31-25-11-13-27(23(15-25)19-35-29(37)33-17-21-7-3-1-4-8-21)28-14-12-26(32)16-24(28)20-36-30(38)34-18-22-9-5-2-6-10-22/h1-16H,17-20,31-32H2,(H2,33,35,37)(H2,34,36,38). The minimum Gasteiger partial charge on any atom is -0.399 e. The van der Waals surface area contributed by atoms with E-state index in [1.54, 1.807) is 0 Å². The molecule has 0 radical (unpaired) electrons. The molecule has 0 spiro atoms. The molecule has 0 aromatic heterocycles. The number of rotatable bonds is 9. The largest absolute Gasteiger partial charge is 0.399 e. The van der Waals surface area contributed by atoms with E-state index in [2.05, 4.69) is 21.3 Å². The first-order valence-electron chi connectivity index (χ1n) is 12.4. The third-order valence-corrected chi connectivity index (χ3v) is 6.02. The molecule has 0 fully saturated rings. The summed E-state index contributed by atoms with van der Waals surface area (Å²) in [7, 11) is 0. The number of carbonyl (C=O) groups excluding carboxylic acids is 2. The summed E-state index contributed by atoms with van der Waals surface area (Å²) in [4.78, 5) is 24.9. The van der Waals surface area contributed by atoms with Gasteiger partial charge in [0.25, 0.3) is 0 Å². The molecule has 194 valence electrons. The van der Waals surface area contributed by atoms with Crippen LogP contribution in [0.1, 0.15) is 22.3 Å². The molecule has 4 aromatic carbocycles. The fourth-order valence-electron chi connectivity index (χ4n) is 4.08. The molecule has 0 heterocycles. The van der Waals surface area contributed by atoms with Gasteiger partial charge in [-0.2, -0.15) is 0 Å². The Hall–Kier alpha value is -4.98. The van der Waals surface area contributed by atoms with Crippen molar-refractivity contribution in [2.75, 3.05) is 11.5 Å². The number of nitrogens with two attached hydrogens (primary N) is 2. The van der Waals surface area contributed by atoms with Crippen molar-refractivity contribution in [1.29, 1.82) is 0 Å². The van der Waals surface area contributed by atoms with Gasteiger partial charge in [-0.05, 0) is 57.6 Å². The van der Waals surface area contributed by atoms with Crippen LogP contribution in [0.4, 0.5) is 21.0 Å². The number of carbonyl (C=O) groups is 2. The van der Waals surface area contributed by atoms with Crippen molar-refractivity contribution in [3.05, 3.63) is 119 Å². The van der Waals surface area contributed by atoms with Crippen LogP contribution in [-0.2, 0) is 26.2 Å². The zero-order valence-electron chi connectivity index (χ0n) is 21.0. The third-order valence-electron chi connectivity index (χ3n) is 6.02. The summed E-state index contributed by atoms with van der Waals surface area (Å²) in [6.45, 7) is 1.40. The van der Waals surface area contributed by atoms with Crippen LogP contribution in [0, 0.1) is 0 Å². The topological polar surface area (TPSA) is 134 Å². The number of hydrogen-bond acceptors (Lipinski definition) is 4. The SMILES string of the molecule is Nc1ccc(-c2ccc(N)cc2CNC(=O)NCc2ccccc2)c(CNC(=O)NCc2ccccc2)c1. The molecule has 4 amide bonds. The smallest absolute Gasteiger partial charge is 0.315 e. The summed E-state index contributed by atoms with van der Waals surface area (Å²) >= 11 is 0. The Morgan fingerprint density at radius 1 is 0.500 bits per heavy atom. The summed E-state index contributed by atoms with van der Waals surface area (Å²) in [5.41, 5.74) is 18.8. The first-order chi connectivity index (χ1) is 18.5. The Bertz CT molecular complexity index is 1270. The van der Waals surface area contributed by atoms with Crippen LogP contribution >= 0.6 is 0 Å². The molecule has 8 nitrogen and oxygen atoms in total. The molecule has 4 rings (SSSR count). The van der Waals surface area contributed by atoms with Crippen molar-refractivity contribution in [2.24, 2.45) is 0 Å². The molecule has 0 aliphatic rings. The maximum Gasteiger partial charge on any atom is 0.315 e. The molecule has 0 atom stereocenters. The predicted octanol–water partition coefficient (Wildman–Crippen LogP) is 4.52. The van der Waals surface area contributed by atoms with Gasteiger partial charge in [-0.1, -0.05) is 72.8 Å². The number of nitrogen functional groups attached to an aromatic ring is 2. The van der Waals surface area contributed by atoms with Crippen LogP contribution in [-0.4, -0.2) is 12.1 Å². The van der Waals surface area contributed by atoms with Gasteiger partial charge in [0.15, 0.2) is 0 Å². The maximum absolute atomic E-state index is 12.5. The summed E-state index contributed by atoms with van der Waals surface area (Å²) in [6.07, 6.45) is 0. The molecule has 0 bridgehead atoms. The first-order valence-corrected chi connectivity index (χ1v) is 12.4. The molecule has 0 unspecified atom stereocenters. The van der Waals surface area contributed by atoms with Crippen LogP contribution in [0.15, 0.2) is 97.1 Å². The fraction of sp³-hybridized carbons (Fsp3) is 0.133. The second-order valence-electron chi connectivity index (χ2n) is 8.88. The Balaban J connectivity index is 1.43. The molecular weight excluding hydrogens is 476 g/mol. The zero-order chi connectivity index (χ0) is 26.7. The van der Waals surface area contributed by atoms with Crippen LogP contribution in [0.5, 0.6) is 0 Å². The summed E-state index contributed by atoms with van der Waals surface area (Å²) < 4.78 is 0. The normalized spacial score (nSPS) is 10.4. The quantitative estimate of drug-likeness (QED) is 0.185. The summed E-state index contributed by atoms with van der Waals surface area (Å²) in [5, 5.41) is 11.6. The molecule has 0 aliphatic heterocycles. The Labute approximate surface area is 222 Å². The van der Waals surface area contributed by atoms with E-state index in [0.29, 0.717) is 24.5 Å². The van der Waals surface area contributed by atoms with E-state index in [-0.39, 0.29) is 25.2 Å². The summed E-state index contributed by atoms with van der Waals surface area (Å²) in [6, 6.07) is 30.0. The van der Waals surface area contributed by atoms with Gasteiger partial charge in [-0.15, -0.1) is 0 Å². The highest BCUT2D eigenvalue weighted by atomic mass is 16.2. The van der Waals surface area contributed by atoms with E-state index in [4.69, 9.17) is 11.5 Å². The van der Waals surface area contributed by atoms with Crippen molar-refractivity contribution in [3.63, 3.8) is 0 Å². The van der Waals surface area contributed by atoms with Crippen molar-refractivity contribution in [2.45, 2.75) is 26.2 Å². The van der Waals surface area contributed by atoms with Crippen LogP contribution in [0.25, 0.3) is 11.1 Å². The van der Waals surface area contributed by atoms with E-state index in [9.17, 15) is 9.59 Å². The lowest BCUT2D eigenvalue weighted by molar-refractivity contribution is 0.239. The van der Waals surface area contributed by atoms with Crippen LogP contribution in [0.2, 0.25) is 0 Å². The van der Waals surface area contributed by atoms with Gasteiger partial charge in [-0.3, -0.25) is 0 Å². The predicted molar refractivity (Wildman–Crippen MR) is 152 cm³/mol. The number of hydrogen-bond donors (Lipinski definition) is 6. The van der Waals surface area contributed by atoms with Crippen LogP contribution < -0.4 is 32.7 Å². The van der Waals surface area contributed by atoms with Gasteiger partial charge in [-0.25, -0.2) is 9.59 Å². The Morgan fingerprint density at radius 2 is 0.868 bits per heavy atom. The zero-order valence-corrected chi connectivity index (χ0v) is 21.0. The fourth-order valence-corrected chi connectivity index (χ4v) is 4.08. The monoisotopic (exact) mass is 508 g/mol. The third kappa shape index (κ3) is 7.51. The number of amides is 4. The van der Waals surface area contributed by atoms with Crippen molar-refractivity contribution < 1.29 is 9.59 Å². The second kappa shape index (κ2) is 12.8. The number of anilines is 2. The van der Waals surface area contributed by atoms with Gasteiger partial charge >= 0.3 is 12.1 Å². The lowest BCUT2D eigenvalue weighted by Gasteiger charge is -2.17. The molecule has 0 saturated carbocycles. The van der Waals surface area contributed by atoms with Gasteiger partial charge in [0.1, 0.15) is 0 Å². The molecule has 8 N–H and O–H groups in total. The van der Waals surface area contributed by atoms with Crippen molar-refractivity contribution >= 4 is 23.4 Å². The minimum atomic E-state index is -0.281. The molecule has 8 heteroatoms. The maximum atomic E-state index is 12.5. The Kier molecular flexibility index (Phi) is 8.80. The molecule has 0 aliphatic carbocycles. The van der Waals surface area contributed by atoms with E-state index < -0.39 is 0 Å². The molecular formula is C30H32N6O2. The van der Waals surface area contributed by atoms with E-state index in [1.165, 1.54) is 0 Å². The Morgan fingerprint density at radius 3 is 1.26 bits per heavy atom. The van der Waals surface area contributed by atoms with E-state index in [1.807, 2.05) is 97.1 Å². The second-order valence-corrected chi connectivity index (χ2v) is 8.88. The molecule has 38 heavy (non-hydrogen) atoms. The minimum absolute atomic E-state index is 0.274. The average Bonchev–Trinajstić information content (AvgIpc) is 2.94. The van der Waals surface area contributed by atoms with Gasteiger partial charge in [0, 0.05) is 37.6 Å². The lowest BCUT2D eigenvalue weighted by atomic mass is 9.94. The molecule has 4 aromatic rings. The van der Waals surface area contributed by atoms with Gasteiger partial charge in [0.05, 0.1) is 0 Å². The van der Waals surface area contributed by atoms with Crippen molar-refractivity contribution in [3.8, 4) is 11.1 Å². The van der Waals surface area contributed by atoms with Crippen molar-refractivity contribution in [1.82, 2.24) is 21.3 Å².